The number of hydrogen-bond donors (Lipinski definition) is 3. The van der Waals surface area contributed by atoms with Gasteiger partial charge in [0.1, 0.15) is 5.75 Å². The summed E-state index contributed by atoms with van der Waals surface area (Å²) in [6, 6.07) is 5.16. The van der Waals surface area contributed by atoms with Gasteiger partial charge < -0.3 is 21.1 Å². The summed E-state index contributed by atoms with van der Waals surface area (Å²) in [6.07, 6.45) is 0.437. The molecule has 0 spiro atoms. The van der Waals surface area contributed by atoms with Crippen LogP contribution >= 0.6 is 0 Å². The average molecular weight is 291 g/mol. The molecule has 1 atom stereocenters. The zero-order chi connectivity index (χ0) is 15.6. The summed E-state index contributed by atoms with van der Waals surface area (Å²) in [5.41, 5.74) is 6.67. The highest BCUT2D eigenvalue weighted by Gasteiger charge is 2.23. The van der Waals surface area contributed by atoms with E-state index in [2.05, 4.69) is 10.6 Å². The molecule has 1 aromatic rings. The van der Waals surface area contributed by atoms with Gasteiger partial charge in [-0.2, -0.15) is 0 Å². The normalized spacial score (nSPS) is 17.5. The molecule has 1 aliphatic heterocycles. The molecule has 114 valence electrons. The topological polar surface area (TPSA) is 93.4 Å². The maximum Gasteiger partial charge on any atom is 0.265 e. The summed E-state index contributed by atoms with van der Waals surface area (Å²) in [5, 5.41) is 5.53. The smallest absolute Gasteiger partial charge is 0.265 e. The second kappa shape index (κ2) is 5.73. The summed E-state index contributed by atoms with van der Waals surface area (Å²) in [7, 11) is 0. The maximum atomic E-state index is 11.9. The van der Waals surface area contributed by atoms with Gasteiger partial charge in [0.2, 0.25) is 5.91 Å². The molecule has 0 saturated carbocycles. The Morgan fingerprint density at radius 1 is 1.48 bits per heavy atom. The average Bonchev–Trinajstić information content (AvgIpc) is 2.37. The third kappa shape index (κ3) is 4.19. The molecule has 2 amide bonds. The molecule has 0 fully saturated rings. The van der Waals surface area contributed by atoms with E-state index in [4.69, 9.17) is 10.5 Å². The third-order valence-electron chi connectivity index (χ3n) is 3.19. The molecule has 0 saturated heterocycles. The summed E-state index contributed by atoms with van der Waals surface area (Å²) in [6.45, 7) is 5.45. The van der Waals surface area contributed by atoms with Gasteiger partial charge in [-0.1, -0.05) is 0 Å². The maximum absolute atomic E-state index is 11.9. The zero-order valence-electron chi connectivity index (χ0n) is 12.5. The molecule has 0 bridgehead atoms. The Labute approximate surface area is 124 Å². The highest BCUT2D eigenvalue weighted by molar-refractivity contribution is 5.99. The van der Waals surface area contributed by atoms with E-state index in [1.807, 2.05) is 13.8 Å². The zero-order valence-corrected chi connectivity index (χ0v) is 12.5. The molecule has 21 heavy (non-hydrogen) atoms. The first-order chi connectivity index (χ1) is 9.74. The summed E-state index contributed by atoms with van der Waals surface area (Å²) in [4.78, 5) is 23.4. The molecule has 6 heteroatoms. The first-order valence-corrected chi connectivity index (χ1v) is 6.95. The van der Waals surface area contributed by atoms with E-state index in [1.54, 1.807) is 25.1 Å². The van der Waals surface area contributed by atoms with Gasteiger partial charge in [0.25, 0.3) is 5.91 Å². The predicted octanol–water partition coefficient (Wildman–Crippen LogP) is 1.86. The van der Waals surface area contributed by atoms with Crippen molar-refractivity contribution < 1.29 is 14.3 Å². The number of anilines is 2. The van der Waals surface area contributed by atoms with Crippen molar-refractivity contribution in [2.45, 2.75) is 45.3 Å². The van der Waals surface area contributed by atoms with E-state index >= 15 is 0 Å². The summed E-state index contributed by atoms with van der Waals surface area (Å²) >= 11 is 0. The summed E-state index contributed by atoms with van der Waals surface area (Å²) < 4.78 is 5.45. The lowest BCUT2D eigenvalue weighted by Crippen LogP contribution is -2.34. The molecule has 2 rings (SSSR count). The van der Waals surface area contributed by atoms with Gasteiger partial charge in [-0.3, -0.25) is 9.59 Å². The third-order valence-corrected chi connectivity index (χ3v) is 3.19. The number of nitrogens with one attached hydrogen (secondary N) is 2. The van der Waals surface area contributed by atoms with E-state index in [1.165, 1.54) is 0 Å². The molecule has 1 aromatic carbocycles. The highest BCUT2D eigenvalue weighted by atomic mass is 16.5. The Balaban J connectivity index is 2.01. The van der Waals surface area contributed by atoms with Crippen LogP contribution in [0.4, 0.5) is 11.4 Å². The Bertz CT molecular complexity index is 564. The van der Waals surface area contributed by atoms with Gasteiger partial charge in [0.05, 0.1) is 5.69 Å². The first kappa shape index (κ1) is 15.3. The molecule has 1 aliphatic rings. The minimum absolute atomic E-state index is 0.107. The number of amides is 2. The molecule has 0 aliphatic carbocycles. The van der Waals surface area contributed by atoms with Crippen LogP contribution in [-0.4, -0.2) is 23.5 Å². The van der Waals surface area contributed by atoms with E-state index in [9.17, 15) is 9.59 Å². The van der Waals surface area contributed by atoms with Crippen LogP contribution in [0.2, 0.25) is 0 Å². The lowest BCUT2D eigenvalue weighted by atomic mass is 10.00. The van der Waals surface area contributed by atoms with Gasteiger partial charge in [-0.25, -0.2) is 0 Å². The number of carbonyl (C=O) groups excluding carboxylic acids is 2. The van der Waals surface area contributed by atoms with E-state index in [0.29, 0.717) is 30.0 Å². The van der Waals surface area contributed by atoms with Crippen LogP contribution in [0.15, 0.2) is 18.2 Å². The van der Waals surface area contributed by atoms with Crippen molar-refractivity contribution >= 4 is 23.2 Å². The van der Waals surface area contributed by atoms with Gasteiger partial charge >= 0.3 is 0 Å². The van der Waals surface area contributed by atoms with Crippen molar-refractivity contribution in [1.82, 2.24) is 0 Å². The molecule has 6 nitrogen and oxygen atoms in total. The van der Waals surface area contributed by atoms with Crippen LogP contribution in [0, 0.1) is 0 Å². The fourth-order valence-corrected chi connectivity index (χ4v) is 1.95. The number of rotatable bonds is 4. The van der Waals surface area contributed by atoms with Crippen molar-refractivity contribution in [2.24, 2.45) is 5.73 Å². The monoisotopic (exact) mass is 291 g/mol. The molecular weight excluding hydrogens is 270 g/mol. The number of carbonyl (C=O) groups is 2. The lowest BCUT2D eigenvalue weighted by Gasteiger charge is -2.23. The number of benzene rings is 1. The second-order valence-electron chi connectivity index (χ2n) is 6.00. The standard InChI is InChI=1S/C15H21N3O3/c1-9-14(20)18-11-8-10(4-5-12(11)21-9)17-13(19)6-7-15(2,3)16/h4-5,8-9H,6-7,16H2,1-3H3,(H,17,19)(H,18,20). The predicted molar refractivity (Wildman–Crippen MR) is 81.3 cm³/mol. The van der Waals surface area contributed by atoms with Crippen LogP contribution in [0.3, 0.4) is 0 Å². The van der Waals surface area contributed by atoms with Crippen LogP contribution in [0.25, 0.3) is 0 Å². The molecule has 1 unspecified atom stereocenters. The van der Waals surface area contributed by atoms with Crippen molar-refractivity contribution in [2.75, 3.05) is 10.6 Å². The Hall–Kier alpha value is -2.08. The fraction of sp³-hybridized carbons (Fsp3) is 0.467. The number of fused-ring (bicyclic) bond motifs is 1. The Kier molecular flexibility index (Phi) is 4.18. The quantitative estimate of drug-likeness (QED) is 0.789. The van der Waals surface area contributed by atoms with Gasteiger partial charge in [-0.05, 0) is 45.4 Å². The minimum atomic E-state index is -0.510. The molecule has 1 heterocycles. The first-order valence-electron chi connectivity index (χ1n) is 6.95. The van der Waals surface area contributed by atoms with Crippen LogP contribution in [0.1, 0.15) is 33.6 Å². The van der Waals surface area contributed by atoms with Gasteiger partial charge in [0.15, 0.2) is 6.10 Å². The number of nitrogens with two attached hydrogens (primary N) is 1. The fourth-order valence-electron chi connectivity index (χ4n) is 1.95. The second-order valence-corrected chi connectivity index (χ2v) is 6.00. The van der Waals surface area contributed by atoms with E-state index in [0.717, 1.165) is 0 Å². The number of ether oxygens (including phenoxy) is 1. The molecule has 0 radical (unpaired) electrons. The SMILES string of the molecule is CC1Oc2ccc(NC(=O)CCC(C)(C)N)cc2NC1=O. The van der Waals surface area contributed by atoms with Crippen LogP contribution in [-0.2, 0) is 9.59 Å². The molecule has 0 aromatic heterocycles. The van der Waals surface area contributed by atoms with Crippen molar-refractivity contribution in [1.29, 1.82) is 0 Å². The largest absolute Gasteiger partial charge is 0.479 e. The molecule has 4 N–H and O–H groups in total. The van der Waals surface area contributed by atoms with Crippen molar-refractivity contribution in [3.05, 3.63) is 18.2 Å². The number of hydrogen-bond acceptors (Lipinski definition) is 4. The van der Waals surface area contributed by atoms with E-state index < -0.39 is 6.10 Å². The lowest BCUT2D eigenvalue weighted by molar-refractivity contribution is -0.122. The van der Waals surface area contributed by atoms with Crippen molar-refractivity contribution in [3.8, 4) is 5.75 Å². The summed E-state index contributed by atoms with van der Waals surface area (Å²) in [5.74, 6) is 0.295. The van der Waals surface area contributed by atoms with Gasteiger partial charge in [-0.15, -0.1) is 0 Å². The van der Waals surface area contributed by atoms with Crippen molar-refractivity contribution in [3.63, 3.8) is 0 Å². The molecular formula is C15H21N3O3. The van der Waals surface area contributed by atoms with E-state index in [-0.39, 0.29) is 17.4 Å². The minimum Gasteiger partial charge on any atom is -0.479 e. The Morgan fingerprint density at radius 3 is 2.86 bits per heavy atom. The van der Waals surface area contributed by atoms with Gasteiger partial charge in [0, 0.05) is 17.6 Å². The van der Waals surface area contributed by atoms with Crippen LogP contribution < -0.4 is 21.1 Å². The van der Waals surface area contributed by atoms with Crippen LogP contribution in [0.5, 0.6) is 5.75 Å². The Morgan fingerprint density at radius 2 is 2.19 bits per heavy atom. The highest BCUT2D eigenvalue weighted by Crippen LogP contribution is 2.32.